The average Bonchev–Trinajstić information content (AvgIpc) is 2.84. The number of carbonyl (C=O) groups is 2. The molecule has 4 rings (SSSR count). The molecule has 3 N–H and O–H groups in total. The molecule has 2 heterocycles. The largest absolute Gasteiger partial charge is 0.478 e. The number of carboxylic acids is 1. The highest BCUT2D eigenvalue weighted by Crippen LogP contribution is 2.28. The first-order valence-electron chi connectivity index (χ1n) is 12.2. The molecule has 1 saturated heterocycles. The van der Waals surface area contributed by atoms with Crippen molar-refractivity contribution in [2.45, 2.75) is 31.7 Å². The van der Waals surface area contributed by atoms with Crippen molar-refractivity contribution in [2.24, 2.45) is 0 Å². The van der Waals surface area contributed by atoms with Crippen LogP contribution in [-0.4, -0.2) is 74.1 Å². The number of piperazine rings is 1. The Balaban J connectivity index is 0.00000280. The second kappa shape index (κ2) is 14.8. The van der Waals surface area contributed by atoms with Gasteiger partial charge in [0.2, 0.25) is 5.91 Å². The number of hydrogen-bond donors (Lipinski definition) is 3. The Kier molecular flexibility index (Phi) is 13.1. The van der Waals surface area contributed by atoms with Gasteiger partial charge in [0.15, 0.2) is 0 Å². The van der Waals surface area contributed by atoms with Crippen LogP contribution < -0.4 is 14.9 Å². The van der Waals surface area contributed by atoms with Gasteiger partial charge < -0.3 is 15.3 Å². The van der Waals surface area contributed by atoms with Crippen LogP contribution in [0.2, 0.25) is 0 Å². The number of rotatable bonds is 8. The molecule has 1 amide bonds. The lowest BCUT2D eigenvalue weighted by molar-refractivity contribution is -0.122. The Morgan fingerprint density at radius 3 is 2.29 bits per heavy atom. The van der Waals surface area contributed by atoms with Gasteiger partial charge in [0.25, 0.3) is 10.0 Å². The number of nitrogens with zero attached hydrogens (tertiary/aromatic N) is 3. The first-order valence-corrected chi connectivity index (χ1v) is 13.6. The molecule has 3 aromatic rings. The van der Waals surface area contributed by atoms with E-state index in [4.69, 9.17) is 0 Å². The van der Waals surface area contributed by atoms with E-state index in [0.29, 0.717) is 49.6 Å². The zero-order valence-electron chi connectivity index (χ0n) is 22.6. The molecule has 0 radical (unpaired) electrons. The van der Waals surface area contributed by atoms with Crippen molar-refractivity contribution >= 4 is 81.5 Å². The number of fused-ring (bicyclic) bond motifs is 1. The lowest BCUT2D eigenvalue weighted by atomic mass is 10.1. The monoisotopic (exact) mass is 651 g/mol. The molecular formula is C26H33Cl3FN5O5S. The fraction of sp³-hybridized carbons (Fsp3) is 0.346. The zero-order valence-corrected chi connectivity index (χ0v) is 25.9. The molecule has 0 saturated carbocycles. The summed E-state index contributed by atoms with van der Waals surface area (Å²) in [7, 11) is -4.11. The maximum atomic E-state index is 13.7. The van der Waals surface area contributed by atoms with Gasteiger partial charge in [-0.1, -0.05) is 6.07 Å². The maximum Gasteiger partial charge on any atom is 0.336 e. The molecule has 1 aliphatic rings. The first kappa shape index (κ1) is 36.1. The van der Waals surface area contributed by atoms with Gasteiger partial charge >= 0.3 is 5.97 Å². The number of sulfonamides is 1. The minimum atomic E-state index is -4.11. The van der Waals surface area contributed by atoms with Crippen LogP contribution in [0.25, 0.3) is 10.9 Å². The van der Waals surface area contributed by atoms with Crippen LogP contribution in [0.5, 0.6) is 0 Å². The summed E-state index contributed by atoms with van der Waals surface area (Å²) in [6.07, 6.45) is 0. The van der Waals surface area contributed by atoms with Crippen molar-refractivity contribution in [3.63, 3.8) is 0 Å². The Hall–Kier alpha value is -2.90. The van der Waals surface area contributed by atoms with E-state index in [1.54, 1.807) is 13.0 Å². The predicted molar refractivity (Wildman–Crippen MR) is 164 cm³/mol. The number of pyridine rings is 1. The van der Waals surface area contributed by atoms with Crippen molar-refractivity contribution in [2.75, 3.05) is 42.3 Å². The van der Waals surface area contributed by atoms with Gasteiger partial charge in [0.05, 0.1) is 22.5 Å². The highest BCUT2D eigenvalue weighted by molar-refractivity contribution is 7.92. The molecule has 10 nitrogen and oxygen atoms in total. The van der Waals surface area contributed by atoms with E-state index in [2.05, 4.69) is 15.0 Å². The van der Waals surface area contributed by atoms with Crippen molar-refractivity contribution < 1.29 is 27.5 Å². The molecule has 1 aliphatic heterocycles. The molecule has 41 heavy (non-hydrogen) atoms. The molecule has 0 spiro atoms. The Labute approximate surface area is 257 Å². The number of aromatic nitrogens is 1. The van der Waals surface area contributed by atoms with Gasteiger partial charge in [-0.2, -0.15) is 0 Å². The van der Waals surface area contributed by atoms with Crippen molar-refractivity contribution in [1.82, 2.24) is 15.2 Å². The lowest BCUT2D eigenvalue weighted by Gasteiger charge is -2.35. The van der Waals surface area contributed by atoms with Crippen LogP contribution in [0.4, 0.5) is 15.9 Å². The van der Waals surface area contributed by atoms with E-state index in [1.165, 1.54) is 30.3 Å². The van der Waals surface area contributed by atoms with E-state index in [0.717, 1.165) is 6.07 Å². The third kappa shape index (κ3) is 8.79. The summed E-state index contributed by atoms with van der Waals surface area (Å²) < 4.78 is 41.9. The highest BCUT2D eigenvalue weighted by Gasteiger charge is 2.23. The van der Waals surface area contributed by atoms with Crippen LogP contribution in [-0.2, 0) is 14.8 Å². The number of halogens is 4. The predicted octanol–water partition coefficient (Wildman–Crippen LogP) is 4.09. The van der Waals surface area contributed by atoms with E-state index in [-0.39, 0.29) is 70.7 Å². The number of aryl methyl sites for hydroxylation is 1. The normalized spacial score (nSPS) is 13.5. The molecule has 0 unspecified atom stereocenters. The quantitative estimate of drug-likeness (QED) is 0.332. The average molecular weight is 653 g/mol. The molecule has 226 valence electrons. The summed E-state index contributed by atoms with van der Waals surface area (Å²) in [6, 6.07) is 9.48. The standard InChI is InChI=1S/C26H30FN5O5S.3ClH/c1-16(2)28-25(33)15-31-8-10-32(11-9-31)24-14-21(26(34)35)20-13-19(6-7-22(20)29-24)30-38(36,37)23-12-18(27)5-4-17(23)3;;;/h4-7,12-14,16,30H,8-11,15H2,1-3H3,(H,28,33)(H,34,35);3*1H. The number of carbonyl (C=O) groups excluding carboxylic acids is 1. The second-order valence-corrected chi connectivity index (χ2v) is 11.2. The van der Waals surface area contributed by atoms with Crippen LogP contribution >= 0.6 is 37.2 Å². The van der Waals surface area contributed by atoms with Crippen LogP contribution in [0, 0.1) is 12.7 Å². The van der Waals surface area contributed by atoms with Crippen molar-refractivity contribution in [3.05, 3.63) is 59.4 Å². The summed E-state index contributed by atoms with van der Waals surface area (Å²) in [5, 5.41) is 13.0. The maximum absolute atomic E-state index is 13.7. The molecular weight excluding hydrogens is 620 g/mol. The number of benzene rings is 2. The summed E-state index contributed by atoms with van der Waals surface area (Å²) in [5.41, 5.74) is 0.875. The van der Waals surface area contributed by atoms with Crippen molar-refractivity contribution in [3.8, 4) is 0 Å². The van der Waals surface area contributed by atoms with E-state index in [9.17, 15) is 27.5 Å². The van der Waals surface area contributed by atoms with Crippen LogP contribution in [0.1, 0.15) is 29.8 Å². The van der Waals surface area contributed by atoms with Crippen LogP contribution in [0.15, 0.2) is 47.4 Å². The SMILES string of the molecule is Cc1ccc(F)cc1S(=O)(=O)Nc1ccc2nc(N3CCN(CC(=O)NC(C)C)CC3)cc(C(=O)O)c2c1.Cl.Cl.Cl. The van der Waals surface area contributed by atoms with Gasteiger partial charge in [-0.05, 0) is 62.7 Å². The fourth-order valence-electron chi connectivity index (χ4n) is 4.39. The smallest absolute Gasteiger partial charge is 0.336 e. The third-order valence-corrected chi connectivity index (χ3v) is 7.75. The third-order valence-electron chi connectivity index (χ3n) is 6.23. The topological polar surface area (TPSA) is 132 Å². The molecule has 0 bridgehead atoms. The Bertz CT molecular complexity index is 1500. The van der Waals surface area contributed by atoms with Gasteiger partial charge in [0.1, 0.15) is 11.6 Å². The highest BCUT2D eigenvalue weighted by atomic mass is 35.5. The molecule has 15 heteroatoms. The Morgan fingerprint density at radius 2 is 1.68 bits per heavy atom. The molecule has 2 aromatic carbocycles. The van der Waals surface area contributed by atoms with Gasteiger partial charge in [0, 0.05) is 43.3 Å². The summed E-state index contributed by atoms with van der Waals surface area (Å²) in [5.74, 6) is -1.41. The van der Waals surface area contributed by atoms with Gasteiger partial charge in [-0.15, -0.1) is 37.2 Å². The Morgan fingerprint density at radius 1 is 1.02 bits per heavy atom. The minimum absolute atomic E-state index is 0. The zero-order chi connectivity index (χ0) is 27.6. The first-order chi connectivity index (χ1) is 17.9. The molecule has 0 aliphatic carbocycles. The second-order valence-electron chi connectivity index (χ2n) is 9.57. The number of carboxylic acid groups (broad SMARTS) is 1. The number of nitrogens with one attached hydrogen (secondary N) is 2. The van der Waals surface area contributed by atoms with Crippen LogP contribution in [0.3, 0.4) is 0 Å². The summed E-state index contributed by atoms with van der Waals surface area (Å²) >= 11 is 0. The number of anilines is 2. The minimum Gasteiger partial charge on any atom is -0.478 e. The molecule has 1 fully saturated rings. The number of aromatic carboxylic acids is 1. The fourth-order valence-corrected chi connectivity index (χ4v) is 5.70. The van der Waals surface area contributed by atoms with E-state index in [1.807, 2.05) is 23.6 Å². The van der Waals surface area contributed by atoms with E-state index < -0.39 is 21.8 Å². The molecule has 0 atom stereocenters. The van der Waals surface area contributed by atoms with Crippen molar-refractivity contribution in [1.29, 1.82) is 0 Å². The van der Waals surface area contributed by atoms with Gasteiger partial charge in [-0.3, -0.25) is 14.4 Å². The summed E-state index contributed by atoms with van der Waals surface area (Å²) in [4.78, 5) is 32.6. The van der Waals surface area contributed by atoms with Gasteiger partial charge in [-0.25, -0.2) is 22.6 Å². The number of hydrogen-bond acceptors (Lipinski definition) is 7. The summed E-state index contributed by atoms with van der Waals surface area (Å²) in [6.45, 7) is 8.04. The van der Waals surface area contributed by atoms with E-state index >= 15 is 0 Å². The number of amides is 1. The lowest BCUT2D eigenvalue weighted by Crippen LogP contribution is -2.50. The molecule has 1 aromatic heterocycles.